The highest BCUT2D eigenvalue weighted by molar-refractivity contribution is 6.46. The molecule has 3 amide bonds. The lowest BCUT2D eigenvalue weighted by molar-refractivity contribution is -0.120. The van der Waals surface area contributed by atoms with Gasteiger partial charge in [0.25, 0.3) is 5.91 Å². The summed E-state index contributed by atoms with van der Waals surface area (Å²) in [5, 5.41) is 0. The van der Waals surface area contributed by atoms with Crippen LogP contribution >= 0.6 is 0 Å². The van der Waals surface area contributed by atoms with Gasteiger partial charge in [0.1, 0.15) is 0 Å². The van der Waals surface area contributed by atoms with Crippen LogP contribution in [0.1, 0.15) is 149 Å². The Bertz CT molecular complexity index is 562. The van der Waals surface area contributed by atoms with E-state index in [4.69, 9.17) is 0 Å². The average molecular weight is 478 g/mol. The number of hydrogen-bond donors (Lipinski definition) is 0. The van der Waals surface area contributed by atoms with Gasteiger partial charge >= 0.3 is 6.03 Å². The van der Waals surface area contributed by atoms with Crippen molar-refractivity contribution in [1.82, 2.24) is 9.80 Å². The van der Waals surface area contributed by atoms with Crippen LogP contribution in [0.2, 0.25) is 0 Å². The quantitative estimate of drug-likeness (QED) is 0.109. The fourth-order valence-electron chi connectivity index (χ4n) is 4.59. The Balaban J connectivity index is 2.10. The maximum atomic E-state index is 12.7. The zero-order valence-electron chi connectivity index (χ0n) is 22.9. The lowest BCUT2D eigenvalue weighted by Gasteiger charge is -2.15. The minimum Gasteiger partial charge on any atom is -0.274 e. The molecule has 0 atom stereocenters. The van der Waals surface area contributed by atoms with Crippen molar-refractivity contribution in [3.63, 3.8) is 0 Å². The Morgan fingerprint density at radius 3 is 1.32 bits per heavy atom. The monoisotopic (exact) mass is 477 g/mol. The van der Waals surface area contributed by atoms with Gasteiger partial charge < -0.3 is 0 Å². The van der Waals surface area contributed by atoms with E-state index >= 15 is 0 Å². The molecule has 34 heavy (non-hydrogen) atoms. The van der Waals surface area contributed by atoms with E-state index in [0.29, 0.717) is 25.5 Å². The Morgan fingerprint density at radius 2 is 0.882 bits per heavy atom. The third-order valence-electron chi connectivity index (χ3n) is 6.90. The lowest BCUT2D eigenvalue weighted by Crippen LogP contribution is -2.34. The Morgan fingerprint density at radius 1 is 0.500 bits per heavy atom. The highest BCUT2D eigenvalue weighted by atomic mass is 16.2. The molecule has 0 N–H and O–H groups in total. The molecule has 5 nitrogen and oxygen atoms in total. The molecule has 198 valence electrons. The molecule has 0 aromatic heterocycles. The van der Waals surface area contributed by atoms with E-state index in [1.54, 1.807) is 4.90 Å². The highest BCUT2D eigenvalue weighted by Gasteiger charge is 2.41. The lowest BCUT2D eigenvalue weighted by atomic mass is 10.0. The molecular formula is C29H55N3O2. The fourth-order valence-corrected chi connectivity index (χ4v) is 4.59. The molecule has 1 aliphatic heterocycles. The molecule has 1 fully saturated rings. The van der Waals surface area contributed by atoms with Gasteiger partial charge in [-0.05, 0) is 19.3 Å². The number of carbonyl (C=O) groups is 2. The molecule has 0 aliphatic carbocycles. The van der Waals surface area contributed by atoms with Crippen molar-refractivity contribution in [2.75, 3.05) is 19.6 Å². The summed E-state index contributed by atoms with van der Waals surface area (Å²) in [6.07, 6.45) is 25.3. The number of amides is 3. The molecule has 1 aliphatic rings. The van der Waals surface area contributed by atoms with Crippen LogP contribution in [0, 0.1) is 0 Å². The van der Waals surface area contributed by atoms with E-state index in [-0.39, 0.29) is 11.9 Å². The minimum atomic E-state index is -0.189. The first-order valence-corrected chi connectivity index (χ1v) is 14.8. The zero-order valence-corrected chi connectivity index (χ0v) is 22.9. The predicted octanol–water partition coefficient (Wildman–Crippen LogP) is 8.51. The van der Waals surface area contributed by atoms with Gasteiger partial charge in [-0.15, -0.1) is 0 Å². The number of rotatable bonds is 23. The van der Waals surface area contributed by atoms with Crippen LogP contribution in [0.5, 0.6) is 0 Å². The summed E-state index contributed by atoms with van der Waals surface area (Å²) in [7, 11) is 0. The smallest absolute Gasteiger partial charge is 0.274 e. The van der Waals surface area contributed by atoms with Gasteiger partial charge in [-0.2, -0.15) is 0 Å². The van der Waals surface area contributed by atoms with Gasteiger partial charge in [0, 0.05) is 19.6 Å². The standard InChI is InChI=1S/C29H55N3O2/c1-4-7-10-11-12-13-14-15-16-17-18-19-20-21-22-23-24-30-27-28(33)32(26-9-6-3)29(34)31(27)25-8-5-2/h4-26H2,1-3H3. The molecule has 0 spiro atoms. The Hall–Kier alpha value is -1.39. The van der Waals surface area contributed by atoms with Gasteiger partial charge in [0.15, 0.2) is 5.84 Å². The molecule has 0 aromatic rings. The molecule has 1 saturated heterocycles. The third kappa shape index (κ3) is 12.9. The van der Waals surface area contributed by atoms with Gasteiger partial charge in [-0.25, -0.2) is 4.79 Å². The van der Waals surface area contributed by atoms with E-state index < -0.39 is 0 Å². The van der Waals surface area contributed by atoms with E-state index in [0.717, 1.165) is 38.5 Å². The maximum absolute atomic E-state index is 12.7. The number of imide groups is 1. The molecule has 5 heteroatoms. The first kappa shape index (κ1) is 30.6. The van der Waals surface area contributed by atoms with Crippen LogP contribution in [0.3, 0.4) is 0 Å². The van der Waals surface area contributed by atoms with Crippen molar-refractivity contribution >= 4 is 17.8 Å². The van der Waals surface area contributed by atoms with Crippen molar-refractivity contribution in [2.45, 2.75) is 149 Å². The first-order chi connectivity index (χ1) is 16.7. The van der Waals surface area contributed by atoms with Crippen LogP contribution in [0.15, 0.2) is 4.99 Å². The van der Waals surface area contributed by atoms with Crippen LogP contribution in [0.25, 0.3) is 0 Å². The molecule has 1 heterocycles. The summed E-state index contributed by atoms with van der Waals surface area (Å²) in [5.74, 6) is 0.196. The van der Waals surface area contributed by atoms with Crippen molar-refractivity contribution in [2.24, 2.45) is 4.99 Å². The normalized spacial score (nSPS) is 15.3. The van der Waals surface area contributed by atoms with Gasteiger partial charge in [-0.1, -0.05) is 130 Å². The molecule has 0 saturated carbocycles. The average Bonchev–Trinajstić information content (AvgIpc) is 3.06. The van der Waals surface area contributed by atoms with Crippen LogP contribution in [-0.2, 0) is 4.79 Å². The minimum absolute atomic E-state index is 0.169. The summed E-state index contributed by atoms with van der Waals surface area (Å²) >= 11 is 0. The SMILES string of the molecule is CCCCCCCCCCCCCCCCCCN=C1C(=O)N(CCCC)C(=O)N1CCCC. The van der Waals surface area contributed by atoms with Crippen molar-refractivity contribution in [3.8, 4) is 0 Å². The van der Waals surface area contributed by atoms with E-state index in [9.17, 15) is 9.59 Å². The summed E-state index contributed by atoms with van der Waals surface area (Å²) in [4.78, 5) is 33.0. The first-order valence-electron chi connectivity index (χ1n) is 14.8. The second-order valence-corrected chi connectivity index (χ2v) is 10.1. The second kappa shape index (κ2) is 20.9. The summed E-state index contributed by atoms with van der Waals surface area (Å²) < 4.78 is 0. The Kier molecular flexibility index (Phi) is 18.9. The van der Waals surface area contributed by atoms with Crippen LogP contribution in [-0.4, -0.2) is 47.2 Å². The maximum Gasteiger partial charge on any atom is 0.332 e. The molecule has 0 radical (unpaired) electrons. The van der Waals surface area contributed by atoms with Crippen LogP contribution < -0.4 is 0 Å². The van der Waals surface area contributed by atoms with E-state index in [1.807, 2.05) is 0 Å². The fraction of sp³-hybridized carbons (Fsp3) is 0.897. The molecule has 0 unspecified atom stereocenters. The van der Waals surface area contributed by atoms with Crippen molar-refractivity contribution in [1.29, 1.82) is 0 Å². The molecule has 0 bridgehead atoms. The van der Waals surface area contributed by atoms with Gasteiger partial charge in [0.2, 0.25) is 0 Å². The van der Waals surface area contributed by atoms with Gasteiger partial charge in [0.05, 0.1) is 0 Å². The topological polar surface area (TPSA) is 53.0 Å². The third-order valence-corrected chi connectivity index (χ3v) is 6.90. The second-order valence-electron chi connectivity index (χ2n) is 10.1. The predicted molar refractivity (Wildman–Crippen MR) is 145 cm³/mol. The number of aliphatic imine (C=N–C) groups is 1. The summed E-state index contributed by atoms with van der Waals surface area (Å²) in [6.45, 7) is 8.22. The number of amidine groups is 1. The number of carbonyl (C=O) groups excluding carboxylic acids is 2. The van der Waals surface area contributed by atoms with E-state index in [2.05, 4.69) is 25.8 Å². The molecule has 1 rings (SSSR count). The van der Waals surface area contributed by atoms with E-state index in [1.165, 1.54) is 94.8 Å². The highest BCUT2D eigenvalue weighted by Crippen LogP contribution is 2.17. The number of hydrogen-bond acceptors (Lipinski definition) is 3. The van der Waals surface area contributed by atoms with Crippen molar-refractivity contribution in [3.05, 3.63) is 0 Å². The zero-order chi connectivity index (χ0) is 24.9. The molecule has 0 aromatic carbocycles. The van der Waals surface area contributed by atoms with Crippen molar-refractivity contribution < 1.29 is 9.59 Å². The summed E-state index contributed by atoms with van der Waals surface area (Å²) in [5.41, 5.74) is 0. The largest absolute Gasteiger partial charge is 0.332 e. The number of unbranched alkanes of at least 4 members (excludes halogenated alkanes) is 17. The molecular weight excluding hydrogens is 422 g/mol. The van der Waals surface area contributed by atoms with Crippen LogP contribution in [0.4, 0.5) is 4.79 Å². The summed E-state index contributed by atoms with van der Waals surface area (Å²) in [6, 6.07) is -0.169. The Labute approximate surface area is 211 Å². The number of nitrogens with zero attached hydrogens (tertiary/aromatic N) is 3. The van der Waals surface area contributed by atoms with Gasteiger partial charge in [-0.3, -0.25) is 19.6 Å². The number of urea groups is 1.